The van der Waals surface area contributed by atoms with Crippen molar-refractivity contribution in [3.05, 3.63) is 0 Å². The number of carboxylic acid groups (broad SMARTS) is 2. The largest absolute Gasteiger partial charge is 0.477 e. The van der Waals surface area contributed by atoms with Gasteiger partial charge in [0, 0.05) is 26.9 Å². The minimum Gasteiger partial charge on any atom is -0.477 e. The molecule has 0 aliphatic carbocycles. The van der Waals surface area contributed by atoms with Crippen LogP contribution in [0.2, 0.25) is 0 Å². The van der Waals surface area contributed by atoms with Crippen LogP contribution in [0.3, 0.4) is 0 Å². The molecular weight excluding hydrogens is 592 g/mol. The molecular formula is C25H40F4N4O10. The molecule has 2 aliphatic rings. The van der Waals surface area contributed by atoms with Gasteiger partial charge in [0.15, 0.2) is 12.3 Å². The average Bonchev–Trinajstić information content (AvgIpc) is 2.90. The molecule has 2 saturated heterocycles. The van der Waals surface area contributed by atoms with Gasteiger partial charge in [-0.05, 0) is 40.0 Å². The predicted octanol–water partition coefficient (Wildman–Crippen LogP) is -1.27. The van der Waals surface area contributed by atoms with Crippen LogP contribution in [0.1, 0.15) is 33.1 Å². The molecule has 0 radical (unpaired) electrons. The smallest absolute Gasteiger partial charge is 0.372 e. The molecule has 0 aromatic heterocycles. The third-order valence-corrected chi connectivity index (χ3v) is 7.38. The molecule has 0 saturated carbocycles. The summed E-state index contributed by atoms with van der Waals surface area (Å²) >= 11 is 0. The molecule has 0 aromatic carbocycles. The van der Waals surface area contributed by atoms with Crippen molar-refractivity contribution in [2.75, 3.05) is 40.3 Å². The number of hydrogen-bond acceptors (Lipinski definition) is 10. The number of hydrogen-bond donors (Lipinski definition) is 6. The maximum atomic E-state index is 14.8. The molecule has 248 valence electrons. The fourth-order valence-electron chi connectivity index (χ4n) is 5.16. The van der Waals surface area contributed by atoms with E-state index in [0.29, 0.717) is 32.4 Å². The van der Waals surface area contributed by atoms with Crippen LogP contribution in [0.25, 0.3) is 0 Å². The third kappa shape index (κ3) is 8.72. The summed E-state index contributed by atoms with van der Waals surface area (Å²) in [4.78, 5) is 49.0. The lowest BCUT2D eigenvalue weighted by Crippen LogP contribution is -2.69. The number of carbonyl (C=O) groups is 4. The Morgan fingerprint density at radius 3 is 1.33 bits per heavy atom. The molecule has 2 rings (SSSR count). The highest BCUT2D eigenvalue weighted by Crippen LogP contribution is 2.35. The Balaban J connectivity index is 1.90. The first-order chi connectivity index (χ1) is 19.8. The van der Waals surface area contributed by atoms with E-state index >= 15 is 0 Å². The highest BCUT2D eigenvalue weighted by Gasteiger charge is 2.62. The Hall–Kier alpha value is -2.64. The standard InChI is InChI=1S/C25H40F4N4O10/c1-12(34)30-16-14(42-24(28,22(38)39)20(26)18(16)36)10-32(3)8-6-5-7-9-33(4)11-15-17(31-13(2)35)19(37)21(27)25(29,43-15)23(40)41/h14-21,36-37H,5-11H2,1-4H3,(H,30,34)(H,31,35)(H,38,39)(H,40,41)/t14?,15?,16-,17+,18?,19?,20?,21?,24+,25-. The van der Waals surface area contributed by atoms with Crippen LogP contribution in [0.4, 0.5) is 17.6 Å². The third-order valence-electron chi connectivity index (χ3n) is 7.38. The Bertz CT molecular complexity index is 941. The van der Waals surface area contributed by atoms with Crippen molar-refractivity contribution in [3.63, 3.8) is 0 Å². The van der Waals surface area contributed by atoms with Crippen LogP contribution in [0.5, 0.6) is 0 Å². The number of aliphatic hydroxyl groups excluding tert-OH is 2. The minimum atomic E-state index is -3.81. The molecule has 0 aromatic rings. The maximum Gasteiger partial charge on any atom is 0.372 e. The molecule has 2 aliphatic heterocycles. The lowest BCUT2D eigenvalue weighted by atomic mass is 9.91. The minimum absolute atomic E-state index is 0.163. The lowest BCUT2D eigenvalue weighted by Gasteiger charge is -2.44. The highest BCUT2D eigenvalue weighted by molar-refractivity contribution is 5.78. The number of likely N-dealkylation sites (N-methyl/N-ethyl adjacent to an activating group) is 2. The van der Waals surface area contributed by atoms with E-state index in [9.17, 15) is 47.0 Å². The van der Waals surface area contributed by atoms with E-state index in [1.807, 2.05) is 0 Å². The van der Waals surface area contributed by atoms with Crippen molar-refractivity contribution in [2.45, 2.75) is 93.7 Å². The van der Waals surface area contributed by atoms with Crippen molar-refractivity contribution in [1.82, 2.24) is 20.4 Å². The van der Waals surface area contributed by atoms with E-state index in [0.717, 1.165) is 13.8 Å². The van der Waals surface area contributed by atoms with Crippen molar-refractivity contribution in [1.29, 1.82) is 0 Å². The summed E-state index contributed by atoms with van der Waals surface area (Å²) in [7, 11) is 3.18. The molecule has 18 heteroatoms. The maximum absolute atomic E-state index is 14.8. The van der Waals surface area contributed by atoms with Gasteiger partial charge in [-0.1, -0.05) is 6.42 Å². The Morgan fingerprint density at radius 1 is 0.721 bits per heavy atom. The molecule has 14 nitrogen and oxygen atoms in total. The zero-order valence-corrected chi connectivity index (χ0v) is 24.2. The summed E-state index contributed by atoms with van der Waals surface area (Å²) in [6, 6.07) is -2.82. The normalized spacial score (nSPS) is 36.4. The number of halogens is 4. The molecule has 2 amide bonds. The lowest BCUT2D eigenvalue weighted by molar-refractivity contribution is -0.276. The van der Waals surface area contributed by atoms with E-state index in [1.165, 1.54) is 0 Å². The van der Waals surface area contributed by atoms with Gasteiger partial charge in [-0.2, -0.15) is 8.78 Å². The highest BCUT2D eigenvalue weighted by atomic mass is 19.2. The van der Waals surface area contributed by atoms with Crippen LogP contribution < -0.4 is 10.6 Å². The average molecular weight is 633 g/mol. The number of aliphatic carboxylic acids is 2. The molecule has 6 N–H and O–H groups in total. The van der Waals surface area contributed by atoms with Crippen LogP contribution in [0, 0.1) is 0 Å². The van der Waals surface area contributed by atoms with E-state index in [1.54, 1.807) is 23.9 Å². The number of carboxylic acids is 2. The number of aliphatic hydroxyl groups is 2. The molecule has 0 bridgehead atoms. The zero-order chi connectivity index (χ0) is 32.9. The summed E-state index contributed by atoms with van der Waals surface area (Å²) in [5, 5.41) is 43.2. The second-order valence-electron chi connectivity index (χ2n) is 11.0. The zero-order valence-electron chi connectivity index (χ0n) is 24.2. The Labute approximate surface area is 245 Å². The fraction of sp³-hybridized carbons (Fsp3) is 0.840. The van der Waals surface area contributed by atoms with Gasteiger partial charge >= 0.3 is 23.6 Å². The number of ether oxygens (including phenoxy) is 2. The molecule has 2 heterocycles. The first kappa shape index (κ1) is 36.6. The molecule has 10 atom stereocenters. The number of alkyl halides is 4. The van der Waals surface area contributed by atoms with Crippen LogP contribution in [0.15, 0.2) is 0 Å². The van der Waals surface area contributed by atoms with Crippen molar-refractivity contribution in [2.24, 2.45) is 0 Å². The quantitative estimate of drug-likeness (QED) is 0.0982. The van der Waals surface area contributed by atoms with E-state index in [-0.39, 0.29) is 13.1 Å². The fourth-order valence-corrected chi connectivity index (χ4v) is 5.16. The van der Waals surface area contributed by atoms with Crippen molar-refractivity contribution < 1.29 is 66.6 Å². The monoisotopic (exact) mass is 632 g/mol. The van der Waals surface area contributed by atoms with Gasteiger partial charge in [-0.25, -0.2) is 18.4 Å². The van der Waals surface area contributed by atoms with Crippen molar-refractivity contribution >= 4 is 23.8 Å². The number of rotatable bonds is 14. The van der Waals surface area contributed by atoms with Gasteiger partial charge in [0.2, 0.25) is 11.8 Å². The van der Waals surface area contributed by atoms with Gasteiger partial charge in [0.05, 0.1) is 24.3 Å². The second-order valence-corrected chi connectivity index (χ2v) is 11.0. The summed E-state index contributed by atoms with van der Waals surface area (Å²) < 4.78 is 68.1. The van der Waals surface area contributed by atoms with E-state index in [4.69, 9.17) is 19.7 Å². The van der Waals surface area contributed by atoms with Gasteiger partial charge in [0.25, 0.3) is 0 Å². The number of carbonyl (C=O) groups excluding carboxylic acids is 2. The summed E-state index contributed by atoms with van der Waals surface area (Å²) in [5.41, 5.74) is 0. The van der Waals surface area contributed by atoms with Gasteiger partial charge in [-0.15, -0.1) is 0 Å². The number of amides is 2. The van der Waals surface area contributed by atoms with Crippen LogP contribution >= 0.6 is 0 Å². The molecule has 43 heavy (non-hydrogen) atoms. The Kier molecular flexibility index (Phi) is 12.7. The van der Waals surface area contributed by atoms with Gasteiger partial charge in [-0.3, -0.25) is 9.59 Å². The van der Waals surface area contributed by atoms with Crippen LogP contribution in [-0.4, -0.2) is 155 Å². The molecule has 2 fully saturated rings. The van der Waals surface area contributed by atoms with Gasteiger partial charge in [0.1, 0.15) is 12.2 Å². The Morgan fingerprint density at radius 2 is 1.05 bits per heavy atom. The summed E-state index contributed by atoms with van der Waals surface area (Å²) in [6.07, 6.45) is -11.4. The summed E-state index contributed by atoms with van der Waals surface area (Å²) in [5.74, 6) is -13.5. The molecule has 6 unspecified atom stereocenters. The SMILES string of the molecule is CC(=O)N[C@@H]1C(CN(C)CCCCCN(C)CC2O[C@@](F)(C(=O)O)C(F)C(O)[C@H]2NC(C)=O)O[C@](F)(C(=O)O)C(F)C1O. The number of unbranched alkanes of at least 4 members (excludes halogenated alkanes) is 2. The van der Waals surface area contributed by atoms with E-state index in [2.05, 4.69) is 10.6 Å². The first-order valence-corrected chi connectivity index (χ1v) is 13.6. The number of nitrogens with one attached hydrogen (secondary N) is 2. The first-order valence-electron chi connectivity index (χ1n) is 13.6. The summed E-state index contributed by atoms with van der Waals surface area (Å²) in [6.45, 7) is 2.58. The molecule has 0 spiro atoms. The van der Waals surface area contributed by atoms with Gasteiger partial charge < -0.3 is 50.3 Å². The topological polar surface area (TPSA) is 198 Å². The van der Waals surface area contributed by atoms with Crippen LogP contribution in [-0.2, 0) is 28.7 Å². The second kappa shape index (κ2) is 14.9. The number of nitrogens with zero attached hydrogens (tertiary/aromatic N) is 2. The predicted molar refractivity (Wildman–Crippen MR) is 139 cm³/mol. The van der Waals surface area contributed by atoms with E-state index < -0.39 is 84.3 Å². The van der Waals surface area contributed by atoms with Crippen molar-refractivity contribution in [3.8, 4) is 0 Å².